The van der Waals surface area contributed by atoms with Crippen molar-refractivity contribution in [1.82, 2.24) is 4.98 Å². The van der Waals surface area contributed by atoms with Crippen molar-refractivity contribution in [2.75, 3.05) is 0 Å². The lowest BCUT2D eigenvalue weighted by Gasteiger charge is -2.36. The average molecular weight is 342 g/mol. The summed E-state index contributed by atoms with van der Waals surface area (Å²) in [6.45, 7) is 0. The quantitative estimate of drug-likeness (QED) is 0.894. The van der Waals surface area contributed by atoms with E-state index in [2.05, 4.69) is 17.1 Å². The van der Waals surface area contributed by atoms with Gasteiger partial charge in [-0.25, -0.2) is 4.98 Å². The van der Waals surface area contributed by atoms with Crippen molar-refractivity contribution in [3.8, 4) is 10.4 Å². The molecule has 1 amide bonds. The lowest BCUT2D eigenvalue weighted by Crippen LogP contribution is -2.44. The van der Waals surface area contributed by atoms with Gasteiger partial charge in [0, 0.05) is 12.1 Å². The third-order valence-corrected chi connectivity index (χ3v) is 6.66. The molecular formula is C19H22N2O2S. The SMILES string of the molecule is NC(=O)C1(c2ccc(-c3cnc(C4CC4)s3)cc2)CCC(O)CC1. The smallest absolute Gasteiger partial charge is 0.228 e. The molecule has 1 aromatic heterocycles. The first-order valence-electron chi connectivity index (χ1n) is 8.63. The molecule has 2 aliphatic carbocycles. The van der Waals surface area contributed by atoms with Gasteiger partial charge in [0.2, 0.25) is 5.91 Å². The van der Waals surface area contributed by atoms with Gasteiger partial charge in [-0.05, 0) is 49.7 Å². The summed E-state index contributed by atoms with van der Waals surface area (Å²) in [7, 11) is 0. The highest BCUT2D eigenvalue weighted by Gasteiger charge is 2.41. The van der Waals surface area contributed by atoms with E-state index in [0.29, 0.717) is 31.6 Å². The summed E-state index contributed by atoms with van der Waals surface area (Å²) < 4.78 is 0. The van der Waals surface area contributed by atoms with Crippen molar-refractivity contribution in [3.63, 3.8) is 0 Å². The molecule has 2 saturated carbocycles. The number of primary amides is 1. The molecule has 0 unspecified atom stereocenters. The van der Waals surface area contributed by atoms with Gasteiger partial charge in [0.05, 0.1) is 21.4 Å². The van der Waals surface area contributed by atoms with Crippen LogP contribution in [0.25, 0.3) is 10.4 Å². The minimum absolute atomic E-state index is 0.282. The molecular weight excluding hydrogens is 320 g/mol. The predicted octanol–water partition coefficient (Wildman–Crippen LogP) is 3.35. The Bertz CT molecular complexity index is 741. The van der Waals surface area contributed by atoms with Crippen LogP contribution in [0.5, 0.6) is 0 Å². The monoisotopic (exact) mass is 342 g/mol. The first-order valence-corrected chi connectivity index (χ1v) is 9.45. The summed E-state index contributed by atoms with van der Waals surface area (Å²) in [5.74, 6) is 0.394. The Balaban J connectivity index is 1.60. The molecule has 2 aliphatic rings. The largest absolute Gasteiger partial charge is 0.393 e. The highest BCUT2D eigenvalue weighted by Crippen LogP contribution is 2.44. The molecule has 3 N–H and O–H groups in total. The maximum Gasteiger partial charge on any atom is 0.228 e. The van der Waals surface area contributed by atoms with E-state index in [0.717, 1.165) is 11.1 Å². The highest BCUT2D eigenvalue weighted by atomic mass is 32.1. The standard InChI is InChI=1S/C19H22N2O2S/c20-18(23)19(9-7-15(22)8-10-19)14-5-3-12(4-6-14)16-11-21-17(24-16)13-1-2-13/h3-6,11,13,15,22H,1-2,7-10H2,(H2,20,23). The van der Waals surface area contributed by atoms with E-state index < -0.39 is 5.41 Å². The molecule has 2 aromatic rings. The van der Waals surface area contributed by atoms with Crippen molar-refractivity contribution < 1.29 is 9.90 Å². The van der Waals surface area contributed by atoms with E-state index in [-0.39, 0.29) is 12.0 Å². The van der Waals surface area contributed by atoms with Gasteiger partial charge < -0.3 is 10.8 Å². The molecule has 1 aromatic carbocycles. The molecule has 2 fully saturated rings. The van der Waals surface area contributed by atoms with Gasteiger partial charge in [-0.2, -0.15) is 0 Å². The molecule has 0 saturated heterocycles. The second-order valence-electron chi connectivity index (χ2n) is 7.09. The summed E-state index contributed by atoms with van der Waals surface area (Å²) in [5.41, 5.74) is 7.22. The maximum atomic E-state index is 12.2. The van der Waals surface area contributed by atoms with Crippen molar-refractivity contribution in [2.45, 2.75) is 56.0 Å². The molecule has 4 rings (SSSR count). The molecule has 4 nitrogen and oxygen atoms in total. The number of aliphatic hydroxyl groups is 1. The number of aliphatic hydroxyl groups excluding tert-OH is 1. The molecule has 126 valence electrons. The first-order chi connectivity index (χ1) is 11.6. The molecule has 1 heterocycles. The van der Waals surface area contributed by atoms with E-state index in [1.165, 1.54) is 22.7 Å². The average Bonchev–Trinajstić information content (AvgIpc) is 3.33. The third kappa shape index (κ3) is 2.76. The van der Waals surface area contributed by atoms with Gasteiger partial charge in [-0.1, -0.05) is 24.3 Å². The zero-order chi connectivity index (χ0) is 16.7. The molecule has 24 heavy (non-hydrogen) atoms. The molecule has 0 bridgehead atoms. The number of carbonyl (C=O) groups excluding carboxylic acids is 1. The zero-order valence-electron chi connectivity index (χ0n) is 13.6. The van der Waals surface area contributed by atoms with E-state index in [4.69, 9.17) is 5.73 Å². The van der Waals surface area contributed by atoms with Crippen LogP contribution in [0.3, 0.4) is 0 Å². The fourth-order valence-electron chi connectivity index (χ4n) is 3.67. The molecule has 0 atom stereocenters. The van der Waals surface area contributed by atoms with Gasteiger partial charge >= 0.3 is 0 Å². The normalized spacial score (nSPS) is 27.1. The van der Waals surface area contributed by atoms with Gasteiger partial charge in [-0.3, -0.25) is 4.79 Å². The predicted molar refractivity (Wildman–Crippen MR) is 94.9 cm³/mol. The van der Waals surface area contributed by atoms with Crippen molar-refractivity contribution in [2.24, 2.45) is 5.73 Å². The van der Waals surface area contributed by atoms with E-state index in [1.807, 2.05) is 18.3 Å². The van der Waals surface area contributed by atoms with Crippen LogP contribution < -0.4 is 5.73 Å². The lowest BCUT2D eigenvalue weighted by atomic mass is 9.68. The summed E-state index contributed by atoms with van der Waals surface area (Å²) >= 11 is 1.77. The Kier molecular flexibility index (Phi) is 3.93. The summed E-state index contributed by atoms with van der Waals surface area (Å²) in [6.07, 6.45) is 6.67. The van der Waals surface area contributed by atoms with Gasteiger partial charge in [0.15, 0.2) is 0 Å². The van der Waals surface area contributed by atoms with Crippen molar-refractivity contribution >= 4 is 17.2 Å². The Morgan fingerprint density at radius 2 is 1.83 bits per heavy atom. The number of nitrogens with two attached hydrogens (primary N) is 1. The summed E-state index contributed by atoms with van der Waals surface area (Å²) in [6, 6.07) is 8.17. The number of aromatic nitrogens is 1. The highest BCUT2D eigenvalue weighted by molar-refractivity contribution is 7.15. The van der Waals surface area contributed by atoms with Gasteiger partial charge in [0.25, 0.3) is 0 Å². The Morgan fingerprint density at radius 3 is 2.42 bits per heavy atom. The second kappa shape index (κ2) is 5.97. The van der Waals surface area contributed by atoms with Crippen LogP contribution in [-0.4, -0.2) is 22.1 Å². The number of rotatable bonds is 4. The number of nitrogens with zero attached hydrogens (tertiary/aromatic N) is 1. The van der Waals surface area contributed by atoms with Gasteiger partial charge in [0.1, 0.15) is 0 Å². The third-order valence-electron chi connectivity index (χ3n) is 5.45. The summed E-state index contributed by atoms with van der Waals surface area (Å²) in [4.78, 5) is 17.9. The minimum Gasteiger partial charge on any atom is -0.393 e. The fraction of sp³-hybridized carbons (Fsp3) is 0.474. The van der Waals surface area contributed by atoms with E-state index in [9.17, 15) is 9.90 Å². The number of hydrogen-bond acceptors (Lipinski definition) is 4. The molecule has 0 aliphatic heterocycles. The number of benzene rings is 1. The van der Waals surface area contributed by atoms with Crippen molar-refractivity contribution in [1.29, 1.82) is 0 Å². The lowest BCUT2D eigenvalue weighted by molar-refractivity contribution is -0.125. The topological polar surface area (TPSA) is 76.2 Å². The number of carbonyl (C=O) groups is 1. The van der Waals surface area contributed by atoms with Crippen LogP contribution >= 0.6 is 11.3 Å². The minimum atomic E-state index is -0.634. The van der Waals surface area contributed by atoms with Crippen LogP contribution in [0.4, 0.5) is 0 Å². The van der Waals surface area contributed by atoms with Crippen molar-refractivity contribution in [3.05, 3.63) is 41.0 Å². The van der Waals surface area contributed by atoms with Crippen LogP contribution in [0, 0.1) is 0 Å². The fourth-order valence-corrected chi connectivity index (χ4v) is 4.76. The Hall–Kier alpha value is -1.72. The summed E-state index contributed by atoms with van der Waals surface area (Å²) in [5, 5.41) is 11.0. The number of hydrogen-bond donors (Lipinski definition) is 2. The number of amides is 1. The van der Waals surface area contributed by atoms with E-state index >= 15 is 0 Å². The first kappa shape index (κ1) is 15.8. The van der Waals surface area contributed by atoms with Crippen LogP contribution in [-0.2, 0) is 10.2 Å². The second-order valence-corrected chi connectivity index (χ2v) is 8.15. The number of thiazole rings is 1. The van der Waals surface area contributed by atoms with Crippen LogP contribution in [0.15, 0.2) is 30.5 Å². The molecule has 5 heteroatoms. The zero-order valence-corrected chi connectivity index (χ0v) is 14.4. The Labute approximate surface area is 145 Å². The molecule has 0 spiro atoms. The van der Waals surface area contributed by atoms with Crippen LogP contribution in [0.1, 0.15) is 55.0 Å². The van der Waals surface area contributed by atoms with E-state index in [1.54, 1.807) is 11.3 Å². The van der Waals surface area contributed by atoms with Crippen LogP contribution in [0.2, 0.25) is 0 Å². The Morgan fingerprint density at radius 1 is 1.17 bits per heavy atom. The van der Waals surface area contributed by atoms with Gasteiger partial charge in [-0.15, -0.1) is 11.3 Å². The molecule has 0 radical (unpaired) electrons. The maximum absolute atomic E-state index is 12.2.